The summed E-state index contributed by atoms with van der Waals surface area (Å²) in [6.07, 6.45) is 1.71. The lowest BCUT2D eigenvalue weighted by Crippen LogP contribution is -1.91. The molecule has 88 valence electrons. The van der Waals surface area contributed by atoms with E-state index in [0.29, 0.717) is 5.69 Å². The smallest absolute Gasteiger partial charge is 0.104 e. The number of aryl methyl sites for hydroxylation is 3. The second-order valence-electron chi connectivity index (χ2n) is 4.26. The molecule has 0 spiro atoms. The van der Waals surface area contributed by atoms with Gasteiger partial charge < -0.3 is 5.73 Å². The first-order valence-electron chi connectivity index (χ1n) is 5.53. The Bertz CT molecular complexity index is 500. The lowest BCUT2D eigenvalue weighted by Gasteiger charge is -2.08. The van der Waals surface area contributed by atoms with Gasteiger partial charge in [0.2, 0.25) is 0 Å². The van der Waals surface area contributed by atoms with E-state index in [4.69, 9.17) is 5.73 Å². The predicted octanol–water partition coefficient (Wildman–Crippen LogP) is 3.74. The van der Waals surface area contributed by atoms with Crippen LogP contribution in [-0.4, -0.2) is 4.98 Å². The fraction of sp³-hybridized carbons (Fsp3) is 0.214. The van der Waals surface area contributed by atoms with Crippen LogP contribution >= 0.6 is 11.8 Å². The predicted molar refractivity (Wildman–Crippen MR) is 73.4 cm³/mol. The number of pyridine rings is 1. The van der Waals surface area contributed by atoms with E-state index >= 15 is 0 Å². The molecule has 0 fully saturated rings. The maximum absolute atomic E-state index is 5.70. The minimum absolute atomic E-state index is 0.715. The molecule has 2 rings (SSSR count). The maximum Gasteiger partial charge on any atom is 0.104 e. The minimum atomic E-state index is 0.715. The van der Waals surface area contributed by atoms with Crippen LogP contribution in [0, 0.1) is 20.8 Å². The highest BCUT2D eigenvalue weighted by atomic mass is 32.2. The molecule has 0 radical (unpaired) electrons. The molecule has 0 bridgehead atoms. The molecule has 0 unspecified atom stereocenters. The number of nitrogens with zero attached hydrogens (tertiary/aromatic N) is 1. The zero-order chi connectivity index (χ0) is 12.4. The van der Waals surface area contributed by atoms with Crippen LogP contribution < -0.4 is 5.73 Å². The molecule has 2 nitrogen and oxygen atoms in total. The van der Waals surface area contributed by atoms with Crippen LogP contribution in [0.2, 0.25) is 0 Å². The molecule has 0 saturated carbocycles. The summed E-state index contributed by atoms with van der Waals surface area (Å²) in [5.74, 6) is 0. The Morgan fingerprint density at radius 2 is 1.82 bits per heavy atom. The number of anilines is 1. The molecule has 0 aliphatic heterocycles. The summed E-state index contributed by atoms with van der Waals surface area (Å²) in [5.41, 5.74) is 10.1. The topological polar surface area (TPSA) is 38.9 Å². The van der Waals surface area contributed by atoms with Gasteiger partial charge in [-0.3, -0.25) is 0 Å². The van der Waals surface area contributed by atoms with Gasteiger partial charge in [-0.15, -0.1) is 0 Å². The van der Waals surface area contributed by atoms with E-state index in [2.05, 4.69) is 37.0 Å². The zero-order valence-corrected chi connectivity index (χ0v) is 11.1. The van der Waals surface area contributed by atoms with Crippen molar-refractivity contribution in [3.63, 3.8) is 0 Å². The van der Waals surface area contributed by atoms with Crippen LogP contribution in [0.5, 0.6) is 0 Å². The number of rotatable bonds is 2. The van der Waals surface area contributed by atoms with Crippen LogP contribution in [0.25, 0.3) is 0 Å². The molecule has 0 atom stereocenters. The first-order valence-corrected chi connectivity index (χ1v) is 6.35. The standard InChI is InChI=1S/C14H16N2S/c1-9-4-5-13(10(2)6-9)17-14-11(3)7-12(15)8-16-14/h4-8H,15H2,1-3H3. The van der Waals surface area contributed by atoms with Gasteiger partial charge in [0.1, 0.15) is 5.03 Å². The fourth-order valence-electron chi connectivity index (χ4n) is 1.71. The van der Waals surface area contributed by atoms with Crippen molar-refractivity contribution in [2.24, 2.45) is 0 Å². The molecule has 0 saturated heterocycles. The van der Waals surface area contributed by atoms with E-state index in [1.807, 2.05) is 13.0 Å². The molecule has 1 aromatic carbocycles. The van der Waals surface area contributed by atoms with Crippen molar-refractivity contribution in [1.82, 2.24) is 4.98 Å². The van der Waals surface area contributed by atoms with Gasteiger partial charge in [0.15, 0.2) is 0 Å². The molecule has 0 aliphatic rings. The number of benzene rings is 1. The van der Waals surface area contributed by atoms with Crippen LogP contribution in [-0.2, 0) is 0 Å². The van der Waals surface area contributed by atoms with Gasteiger partial charge in [0.05, 0.1) is 11.9 Å². The second-order valence-corrected chi connectivity index (χ2v) is 5.29. The van der Waals surface area contributed by atoms with Crippen molar-refractivity contribution in [3.05, 3.63) is 47.2 Å². The van der Waals surface area contributed by atoms with E-state index in [1.54, 1.807) is 18.0 Å². The Kier molecular flexibility index (Phi) is 3.38. The van der Waals surface area contributed by atoms with Gasteiger partial charge in [-0.25, -0.2) is 4.98 Å². The Hall–Kier alpha value is -1.48. The fourth-order valence-corrected chi connectivity index (χ4v) is 2.60. The average Bonchev–Trinajstić information content (AvgIpc) is 2.25. The summed E-state index contributed by atoms with van der Waals surface area (Å²) in [6.45, 7) is 6.27. The van der Waals surface area contributed by atoms with E-state index in [-0.39, 0.29) is 0 Å². The summed E-state index contributed by atoms with van der Waals surface area (Å²) in [4.78, 5) is 5.62. The van der Waals surface area contributed by atoms with Gasteiger partial charge in [-0.1, -0.05) is 29.5 Å². The quantitative estimate of drug-likeness (QED) is 0.874. The van der Waals surface area contributed by atoms with Crippen LogP contribution in [0.4, 0.5) is 5.69 Å². The molecule has 0 aliphatic carbocycles. The molecule has 17 heavy (non-hydrogen) atoms. The summed E-state index contributed by atoms with van der Waals surface area (Å²) in [6, 6.07) is 8.42. The van der Waals surface area contributed by atoms with Crippen LogP contribution in [0.15, 0.2) is 40.4 Å². The lowest BCUT2D eigenvalue weighted by molar-refractivity contribution is 1.08. The summed E-state index contributed by atoms with van der Waals surface area (Å²) >= 11 is 1.69. The third-order valence-electron chi connectivity index (χ3n) is 2.59. The van der Waals surface area contributed by atoms with Gasteiger partial charge >= 0.3 is 0 Å². The maximum atomic E-state index is 5.70. The Balaban J connectivity index is 2.31. The summed E-state index contributed by atoms with van der Waals surface area (Å²) in [7, 11) is 0. The number of nitrogens with two attached hydrogens (primary N) is 1. The highest BCUT2D eigenvalue weighted by Crippen LogP contribution is 2.31. The number of hydrogen-bond acceptors (Lipinski definition) is 3. The summed E-state index contributed by atoms with van der Waals surface area (Å²) < 4.78 is 0. The Labute approximate surface area is 106 Å². The highest BCUT2D eigenvalue weighted by molar-refractivity contribution is 7.99. The Morgan fingerprint density at radius 1 is 1.06 bits per heavy atom. The molecule has 2 N–H and O–H groups in total. The first-order chi connectivity index (χ1) is 8.06. The van der Waals surface area contributed by atoms with Gasteiger partial charge in [0.25, 0.3) is 0 Å². The van der Waals surface area contributed by atoms with Crippen molar-refractivity contribution >= 4 is 17.4 Å². The highest BCUT2D eigenvalue weighted by Gasteiger charge is 2.05. The average molecular weight is 244 g/mol. The molecule has 2 aromatic rings. The SMILES string of the molecule is Cc1ccc(Sc2ncc(N)cc2C)c(C)c1. The van der Waals surface area contributed by atoms with Gasteiger partial charge in [-0.2, -0.15) is 0 Å². The van der Waals surface area contributed by atoms with Gasteiger partial charge in [0, 0.05) is 4.90 Å². The molecule has 3 heteroatoms. The van der Waals surface area contributed by atoms with E-state index in [1.165, 1.54) is 16.0 Å². The van der Waals surface area contributed by atoms with Crippen molar-refractivity contribution in [1.29, 1.82) is 0 Å². The van der Waals surface area contributed by atoms with Crippen LogP contribution in [0.3, 0.4) is 0 Å². The van der Waals surface area contributed by atoms with E-state index < -0.39 is 0 Å². The molecule has 1 aromatic heterocycles. The third-order valence-corrected chi connectivity index (χ3v) is 3.89. The molecular weight excluding hydrogens is 228 g/mol. The number of aromatic nitrogens is 1. The van der Waals surface area contributed by atoms with Crippen molar-refractivity contribution in [2.75, 3.05) is 5.73 Å². The van der Waals surface area contributed by atoms with Crippen molar-refractivity contribution in [2.45, 2.75) is 30.7 Å². The van der Waals surface area contributed by atoms with E-state index in [9.17, 15) is 0 Å². The first kappa shape index (κ1) is 12.0. The van der Waals surface area contributed by atoms with Crippen molar-refractivity contribution in [3.8, 4) is 0 Å². The van der Waals surface area contributed by atoms with Gasteiger partial charge in [-0.05, 0) is 44.0 Å². The second kappa shape index (κ2) is 4.80. The monoisotopic (exact) mass is 244 g/mol. The lowest BCUT2D eigenvalue weighted by atomic mass is 10.2. The molecular formula is C14H16N2S. The zero-order valence-electron chi connectivity index (χ0n) is 10.3. The van der Waals surface area contributed by atoms with Crippen LogP contribution in [0.1, 0.15) is 16.7 Å². The number of hydrogen-bond donors (Lipinski definition) is 1. The number of nitrogen functional groups attached to an aromatic ring is 1. The minimum Gasteiger partial charge on any atom is -0.397 e. The Morgan fingerprint density at radius 3 is 2.47 bits per heavy atom. The third kappa shape index (κ3) is 2.80. The summed E-state index contributed by atoms with van der Waals surface area (Å²) in [5, 5.41) is 1.02. The normalized spacial score (nSPS) is 10.5. The largest absolute Gasteiger partial charge is 0.397 e. The molecule has 1 heterocycles. The van der Waals surface area contributed by atoms with E-state index in [0.717, 1.165) is 10.6 Å². The van der Waals surface area contributed by atoms with Crippen molar-refractivity contribution < 1.29 is 0 Å². The molecule has 0 amide bonds.